The van der Waals surface area contributed by atoms with E-state index in [1.54, 1.807) is 48.5 Å². The molecule has 0 spiro atoms. The minimum absolute atomic E-state index is 0.0240. The summed E-state index contributed by atoms with van der Waals surface area (Å²) in [7, 11) is -3.79. The number of hydrazone groups is 1. The van der Waals surface area contributed by atoms with Crippen molar-refractivity contribution in [3.05, 3.63) is 120 Å². The van der Waals surface area contributed by atoms with Gasteiger partial charge in [0, 0.05) is 6.54 Å². The molecule has 0 aliphatic heterocycles. The fourth-order valence-electron chi connectivity index (χ4n) is 3.46. The second-order valence-corrected chi connectivity index (χ2v) is 10.2. The molecule has 0 saturated heterocycles. The molecular formula is C28H27N3O5S. The molecule has 0 unspecified atom stereocenters. The number of benzene rings is 3. The Morgan fingerprint density at radius 2 is 1.59 bits per heavy atom. The molecule has 1 aromatic heterocycles. The highest BCUT2D eigenvalue weighted by molar-refractivity contribution is 7.89. The molecule has 0 aliphatic rings. The Bertz CT molecular complexity index is 1430. The van der Waals surface area contributed by atoms with E-state index in [9.17, 15) is 13.2 Å². The highest BCUT2D eigenvalue weighted by Crippen LogP contribution is 2.22. The number of para-hydroxylation sites is 1. The highest BCUT2D eigenvalue weighted by atomic mass is 32.2. The van der Waals surface area contributed by atoms with Crippen molar-refractivity contribution in [2.75, 3.05) is 6.61 Å². The van der Waals surface area contributed by atoms with Gasteiger partial charge in [-0.3, -0.25) is 4.79 Å². The quantitative estimate of drug-likeness (QED) is 0.233. The summed E-state index contributed by atoms with van der Waals surface area (Å²) in [5, 5.41) is 3.89. The summed E-state index contributed by atoms with van der Waals surface area (Å²) >= 11 is 0. The van der Waals surface area contributed by atoms with E-state index in [1.165, 1.54) is 10.5 Å². The third kappa shape index (κ3) is 7.39. The molecule has 0 fully saturated rings. The van der Waals surface area contributed by atoms with Crippen LogP contribution in [0.3, 0.4) is 0 Å². The van der Waals surface area contributed by atoms with E-state index >= 15 is 0 Å². The van der Waals surface area contributed by atoms with Gasteiger partial charge in [-0.05, 0) is 48.9 Å². The molecule has 9 heteroatoms. The largest absolute Gasteiger partial charge is 0.484 e. The number of aryl methyl sites for hydroxylation is 1. The molecule has 0 bridgehead atoms. The van der Waals surface area contributed by atoms with Gasteiger partial charge in [0.15, 0.2) is 6.61 Å². The number of sulfonamides is 1. The van der Waals surface area contributed by atoms with Crippen molar-refractivity contribution >= 4 is 22.1 Å². The number of rotatable bonds is 11. The first-order valence-electron chi connectivity index (χ1n) is 11.6. The monoisotopic (exact) mass is 517 g/mol. The van der Waals surface area contributed by atoms with E-state index < -0.39 is 15.9 Å². The number of hydrogen-bond donors (Lipinski definition) is 1. The molecule has 4 rings (SSSR count). The maximum Gasteiger partial charge on any atom is 0.277 e. The van der Waals surface area contributed by atoms with Crippen molar-refractivity contribution in [1.82, 2.24) is 9.73 Å². The Balaban J connectivity index is 1.42. The second-order valence-electron chi connectivity index (χ2n) is 8.27. The predicted octanol–water partition coefficient (Wildman–Crippen LogP) is 4.51. The first kappa shape index (κ1) is 25.9. The van der Waals surface area contributed by atoms with Gasteiger partial charge >= 0.3 is 0 Å². The summed E-state index contributed by atoms with van der Waals surface area (Å²) in [5.41, 5.74) is 4.20. The van der Waals surface area contributed by atoms with Gasteiger partial charge in [0.1, 0.15) is 17.3 Å². The molecule has 1 heterocycles. The maximum absolute atomic E-state index is 13.5. The molecule has 0 saturated carbocycles. The zero-order chi connectivity index (χ0) is 26.1. The first-order chi connectivity index (χ1) is 17.9. The lowest BCUT2D eigenvalue weighted by Gasteiger charge is -2.21. The van der Waals surface area contributed by atoms with Crippen molar-refractivity contribution in [1.29, 1.82) is 0 Å². The van der Waals surface area contributed by atoms with Gasteiger partial charge in [-0.2, -0.15) is 9.41 Å². The van der Waals surface area contributed by atoms with E-state index in [0.29, 0.717) is 17.3 Å². The number of ether oxygens (including phenoxy) is 1. The van der Waals surface area contributed by atoms with Crippen LogP contribution in [0.5, 0.6) is 5.75 Å². The van der Waals surface area contributed by atoms with E-state index in [0.717, 1.165) is 11.1 Å². The molecule has 37 heavy (non-hydrogen) atoms. The smallest absolute Gasteiger partial charge is 0.277 e. The fraction of sp³-hybridized carbons (Fsp3) is 0.143. The van der Waals surface area contributed by atoms with E-state index in [4.69, 9.17) is 9.15 Å². The Morgan fingerprint density at radius 3 is 2.30 bits per heavy atom. The van der Waals surface area contributed by atoms with Crippen LogP contribution in [0, 0.1) is 6.92 Å². The predicted molar refractivity (Wildman–Crippen MR) is 140 cm³/mol. The fourth-order valence-corrected chi connectivity index (χ4v) is 4.86. The minimum atomic E-state index is -3.79. The van der Waals surface area contributed by atoms with Crippen LogP contribution in [0.25, 0.3) is 0 Å². The van der Waals surface area contributed by atoms with E-state index in [-0.39, 0.29) is 24.6 Å². The molecule has 8 nitrogen and oxygen atoms in total. The number of furan rings is 1. The van der Waals surface area contributed by atoms with Crippen molar-refractivity contribution in [2.24, 2.45) is 5.10 Å². The Morgan fingerprint density at radius 1 is 0.919 bits per heavy atom. The minimum Gasteiger partial charge on any atom is -0.484 e. The number of nitrogens with zero attached hydrogens (tertiary/aromatic N) is 2. The number of carbonyl (C=O) groups excluding carboxylic acids is 1. The van der Waals surface area contributed by atoms with Gasteiger partial charge in [0.25, 0.3) is 5.91 Å². The van der Waals surface area contributed by atoms with Crippen LogP contribution in [0.1, 0.15) is 22.6 Å². The van der Waals surface area contributed by atoms with E-state index in [2.05, 4.69) is 10.5 Å². The zero-order valence-electron chi connectivity index (χ0n) is 20.3. The second kappa shape index (κ2) is 12.2. The normalized spacial score (nSPS) is 11.6. The number of carbonyl (C=O) groups is 1. The van der Waals surface area contributed by atoms with Gasteiger partial charge in [0.2, 0.25) is 10.0 Å². The molecule has 1 amide bonds. The number of hydrogen-bond acceptors (Lipinski definition) is 6. The number of nitrogens with one attached hydrogen (secondary N) is 1. The highest BCUT2D eigenvalue weighted by Gasteiger charge is 2.26. The SMILES string of the molecule is Cc1ccc(S(=O)(=O)N(Cc2ccccc2)Cc2ccc(/C=N\NC(=O)COc3ccccc3)o2)cc1. The van der Waals surface area contributed by atoms with E-state index in [1.807, 2.05) is 55.5 Å². The lowest BCUT2D eigenvalue weighted by atomic mass is 10.2. The summed E-state index contributed by atoms with van der Waals surface area (Å²) < 4.78 is 39.5. The molecule has 3 aromatic carbocycles. The Hall–Kier alpha value is -4.21. The molecular weight excluding hydrogens is 490 g/mol. The standard InChI is InChI=1S/C28H27N3O5S/c1-22-12-16-27(17-13-22)37(33,34)31(19-23-8-4-2-5-9-23)20-26-15-14-25(36-26)18-29-30-28(32)21-35-24-10-6-3-7-11-24/h2-18H,19-21H2,1H3,(H,30,32)/b29-18-. The van der Waals surface area contributed by atoms with Gasteiger partial charge in [-0.25, -0.2) is 13.8 Å². The van der Waals surface area contributed by atoms with Gasteiger partial charge < -0.3 is 9.15 Å². The van der Waals surface area contributed by atoms with Gasteiger partial charge in [-0.1, -0.05) is 66.2 Å². The third-order valence-corrected chi connectivity index (χ3v) is 7.18. The number of amides is 1. The average Bonchev–Trinajstić information content (AvgIpc) is 3.36. The lowest BCUT2D eigenvalue weighted by Crippen LogP contribution is -2.30. The van der Waals surface area contributed by atoms with Crippen LogP contribution in [0.2, 0.25) is 0 Å². The lowest BCUT2D eigenvalue weighted by molar-refractivity contribution is -0.123. The van der Waals surface area contributed by atoms with Crippen molar-refractivity contribution in [2.45, 2.75) is 24.9 Å². The molecule has 0 aliphatic carbocycles. The average molecular weight is 518 g/mol. The van der Waals surface area contributed by atoms with Gasteiger partial charge in [-0.15, -0.1) is 0 Å². The summed E-state index contributed by atoms with van der Waals surface area (Å²) in [6.45, 7) is 1.92. The molecule has 190 valence electrons. The van der Waals surface area contributed by atoms with Crippen molar-refractivity contribution < 1.29 is 22.4 Å². The summed E-state index contributed by atoms with van der Waals surface area (Å²) in [4.78, 5) is 12.2. The molecule has 4 aromatic rings. The Kier molecular flexibility index (Phi) is 8.50. The Labute approximate surface area is 216 Å². The zero-order valence-corrected chi connectivity index (χ0v) is 21.1. The topological polar surface area (TPSA) is 101 Å². The van der Waals surface area contributed by atoms with Crippen molar-refractivity contribution in [3.8, 4) is 5.75 Å². The van der Waals surface area contributed by atoms with Gasteiger partial charge in [0.05, 0.1) is 17.7 Å². The molecule has 0 radical (unpaired) electrons. The summed E-state index contributed by atoms with van der Waals surface area (Å²) in [5.74, 6) is 0.960. The van der Waals surface area contributed by atoms with Crippen LogP contribution in [0.15, 0.2) is 111 Å². The van der Waals surface area contributed by atoms with Crippen LogP contribution >= 0.6 is 0 Å². The van der Waals surface area contributed by atoms with Crippen molar-refractivity contribution in [3.63, 3.8) is 0 Å². The third-order valence-electron chi connectivity index (χ3n) is 5.37. The molecule has 1 N–H and O–H groups in total. The van der Waals surface area contributed by atoms with Crippen LogP contribution < -0.4 is 10.2 Å². The maximum atomic E-state index is 13.5. The van der Waals surface area contributed by atoms with Crippen LogP contribution in [0.4, 0.5) is 0 Å². The first-order valence-corrected chi connectivity index (χ1v) is 13.0. The molecule has 0 atom stereocenters. The summed E-state index contributed by atoms with van der Waals surface area (Å²) in [6, 6.07) is 28.4. The van der Waals surface area contributed by atoms with Crippen LogP contribution in [-0.2, 0) is 27.9 Å². The van der Waals surface area contributed by atoms with Crippen LogP contribution in [-0.4, -0.2) is 31.5 Å². The summed E-state index contributed by atoms with van der Waals surface area (Å²) in [6.07, 6.45) is 1.35.